The highest BCUT2D eigenvalue weighted by molar-refractivity contribution is 5.91. The molecule has 0 aliphatic heterocycles. The molecule has 1 heterocycles. The molecular weight excluding hydrogens is 314 g/mol. The monoisotopic (exact) mass is 343 g/mol. The van der Waals surface area contributed by atoms with Gasteiger partial charge < -0.3 is 14.8 Å². The minimum absolute atomic E-state index is 0.204. The van der Waals surface area contributed by atoms with Crippen LogP contribution >= 0.6 is 0 Å². The fraction of sp³-hybridized carbons (Fsp3) is 0.476. The van der Waals surface area contributed by atoms with Gasteiger partial charge in [-0.3, -0.25) is 4.79 Å². The molecule has 2 N–H and O–H groups in total. The smallest absolute Gasteiger partial charge is 0.287 e. The van der Waals surface area contributed by atoms with Crippen molar-refractivity contribution in [1.29, 1.82) is 0 Å². The average Bonchev–Trinajstić information content (AvgIpc) is 2.98. The molecule has 0 fully saturated rings. The van der Waals surface area contributed by atoms with E-state index in [1.807, 2.05) is 19.1 Å². The second-order valence-corrected chi connectivity index (χ2v) is 8.64. The van der Waals surface area contributed by atoms with Gasteiger partial charge in [-0.1, -0.05) is 41.5 Å². The Kier molecular flexibility index (Phi) is 5.03. The van der Waals surface area contributed by atoms with E-state index in [1.54, 1.807) is 12.1 Å². The van der Waals surface area contributed by atoms with E-state index >= 15 is 0 Å². The number of carbonyl (C=O) groups excluding carboxylic acids is 1. The molecule has 0 radical (unpaired) electrons. The van der Waals surface area contributed by atoms with E-state index in [0.717, 1.165) is 16.7 Å². The lowest BCUT2D eigenvalue weighted by Gasteiger charge is -2.29. The normalized spacial score (nSPS) is 13.6. The van der Waals surface area contributed by atoms with Crippen LogP contribution in [-0.4, -0.2) is 11.0 Å². The molecule has 4 nitrogen and oxygen atoms in total. The highest BCUT2D eigenvalue weighted by Gasteiger charge is 2.27. The fourth-order valence-electron chi connectivity index (χ4n) is 2.81. The Labute approximate surface area is 150 Å². The van der Waals surface area contributed by atoms with Gasteiger partial charge >= 0.3 is 0 Å². The number of aromatic hydroxyl groups is 1. The molecule has 2 aromatic rings. The molecule has 0 saturated carbocycles. The molecule has 0 aliphatic rings. The summed E-state index contributed by atoms with van der Waals surface area (Å²) in [6, 6.07) is 7.09. The van der Waals surface area contributed by atoms with Crippen molar-refractivity contribution in [3.8, 4) is 5.75 Å². The molecule has 25 heavy (non-hydrogen) atoms. The molecule has 0 unspecified atom stereocenters. The molecule has 0 bridgehead atoms. The number of hydrogen-bond acceptors (Lipinski definition) is 3. The van der Waals surface area contributed by atoms with Crippen LogP contribution in [0.5, 0.6) is 5.75 Å². The third-order valence-corrected chi connectivity index (χ3v) is 4.34. The summed E-state index contributed by atoms with van der Waals surface area (Å²) in [5, 5.41) is 13.8. The summed E-state index contributed by atoms with van der Waals surface area (Å²) in [7, 11) is 0. The molecule has 0 saturated heterocycles. The van der Waals surface area contributed by atoms with Gasteiger partial charge in [0, 0.05) is 0 Å². The summed E-state index contributed by atoms with van der Waals surface area (Å²) >= 11 is 0. The topological polar surface area (TPSA) is 62.5 Å². The van der Waals surface area contributed by atoms with Crippen LogP contribution in [0.3, 0.4) is 0 Å². The number of furan rings is 1. The van der Waals surface area contributed by atoms with Gasteiger partial charge in [-0.25, -0.2) is 0 Å². The number of nitrogens with one attached hydrogen (secondary N) is 1. The van der Waals surface area contributed by atoms with Crippen LogP contribution < -0.4 is 5.32 Å². The molecule has 1 amide bonds. The van der Waals surface area contributed by atoms with E-state index in [-0.39, 0.29) is 28.5 Å². The first-order chi connectivity index (χ1) is 11.4. The van der Waals surface area contributed by atoms with Crippen molar-refractivity contribution in [2.75, 3.05) is 0 Å². The SMILES string of the molecule is C[C@@H](NC(=O)c1ccco1)c1cc(C(C)(C)C)c(O)c(C(C)(C)C)c1. The molecular formula is C21H29NO3. The molecule has 1 aromatic heterocycles. The number of carbonyl (C=O) groups is 1. The quantitative estimate of drug-likeness (QED) is 0.818. The third-order valence-electron chi connectivity index (χ3n) is 4.34. The van der Waals surface area contributed by atoms with E-state index in [4.69, 9.17) is 4.42 Å². The van der Waals surface area contributed by atoms with Crippen LogP contribution in [0.25, 0.3) is 0 Å². The first-order valence-electron chi connectivity index (χ1n) is 8.63. The summed E-state index contributed by atoms with van der Waals surface area (Å²) in [6.45, 7) is 14.4. The minimum atomic E-state index is -0.250. The van der Waals surface area contributed by atoms with Gasteiger partial charge in [0.2, 0.25) is 0 Å². The van der Waals surface area contributed by atoms with Crippen LogP contribution in [0, 0.1) is 0 Å². The van der Waals surface area contributed by atoms with Crippen LogP contribution in [-0.2, 0) is 10.8 Å². The Morgan fingerprint density at radius 2 is 1.60 bits per heavy atom. The zero-order valence-corrected chi connectivity index (χ0v) is 16.2. The van der Waals surface area contributed by atoms with Crippen LogP contribution in [0.15, 0.2) is 34.9 Å². The number of amides is 1. The first kappa shape index (κ1) is 19.1. The van der Waals surface area contributed by atoms with E-state index in [1.165, 1.54) is 6.26 Å². The van der Waals surface area contributed by atoms with E-state index in [0.29, 0.717) is 5.75 Å². The molecule has 0 spiro atoms. The standard InChI is InChI=1S/C21H29NO3/c1-13(22-19(24)17-9-8-10-25-17)14-11-15(20(2,3)4)18(23)16(12-14)21(5,6)7/h8-13,23H,1-7H3,(H,22,24)/t13-/m1/s1. The molecule has 0 aliphatic carbocycles. The first-order valence-corrected chi connectivity index (χ1v) is 8.63. The Bertz CT molecular complexity index is 711. The van der Waals surface area contributed by atoms with Gasteiger partial charge in [0.05, 0.1) is 12.3 Å². The highest BCUT2D eigenvalue weighted by Crippen LogP contribution is 2.40. The Balaban J connectivity index is 2.44. The molecule has 136 valence electrons. The van der Waals surface area contributed by atoms with Crippen LogP contribution in [0.2, 0.25) is 0 Å². The Hall–Kier alpha value is -2.23. The van der Waals surface area contributed by atoms with Gasteiger partial charge in [-0.2, -0.15) is 0 Å². The highest BCUT2D eigenvalue weighted by atomic mass is 16.3. The summed E-state index contributed by atoms with van der Waals surface area (Å²) in [4.78, 5) is 12.3. The number of hydrogen-bond donors (Lipinski definition) is 2. The maximum Gasteiger partial charge on any atom is 0.287 e. The third kappa shape index (κ3) is 4.25. The molecule has 2 rings (SSSR count). The van der Waals surface area contributed by atoms with Crippen molar-refractivity contribution in [3.05, 3.63) is 53.0 Å². The largest absolute Gasteiger partial charge is 0.507 e. The second kappa shape index (κ2) is 6.58. The molecule has 4 heteroatoms. The van der Waals surface area contributed by atoms with Gasteiger partial charge in [0.15, 0.2) is 5.76 Å². The predicted molar refractivity (Wildman–Crippen MR) is 100 cm³/mol. The lowest BCUT2D eigenvalue weighted by Crippen LogP contribution is -2.27. The predicted octanol–water partition coefficient (Wildman–Crippen LogP) is 5.07. The summed E-state index contributed by atoms with van der Waals surface area (Å²) in [5.41, 5.74) is 2.32. The Morgan fingerprint density at radius 1 is 1.08 bits per heavy atom. The number of rotatable bonds is 3. The molecule has 1 aromatic carbocycles. The van der Waals surface area contributed by atoms with E-state index in [2.05, 4.69) is 46.9 Å². The van der Waals surface area contributed by atoms with Crippen LogP contribution in [0.1, 0.15) is 81.8 Å². The van der Waals surface area contributed by atoms with Crippen LogP contribution in [0.4, 0.5) is 0 Å². The van der Waals surface area contributed by atoms with Crippen molar-refractivity contribution < 1.29 is 14.3 Å². The maximum absolute atomic E-state index is 12.3. The maximum atomic E-state index is 12.3. The van der Waals surface area contributed by atoms with Gasteiger partial charge in [-0.05, 0) is 58.7 Å². The second-order valence-electron chi connectivity index (χ2n) is 8.64. The van der Waals surface area contributed by atoms with E-state index < -0.39 is 0 Å². The summed E-state index contributed by atoms with van der Waals surface area (Å²) < 4.78 is 5.16. The van der Waals surface area contributed by atoms with Crippen molar-refractivity contribution in [2.45, 2.75) is 65.3 Å². The van der Waals surface area contributed by atoms with E-state index in [9.17, 15) is 9.90 Å². The van der Waals surface area contributed by atoms with Gasteiger partial charge in [-0.15, -0.1) is 0 Å². The van der Waals surface area contributed by atoms with Crippen molar-refractivity contribution in [2.24, 2.45) is 0 Å². The lowest BCUT2D eigenvalue weighted by molar-refractivity contribution is 0.0912. The van der Waals surface area contributed by atoms with Crippen molar-refractivity contribution >= 4 is 5.91 Å². The number of phenols is 1. The zero-order valence-electron chi connectivity index (χ0n) is 16.2. The van der Waals surface area contributed by atoms with Gasteiger partial charge in [0.25, 0.3) is 5.91 Å². The summed E-state index contributed by atoms with van der Waals surface area (Å²) in [6.07, 6.45) is 1.48. The number of benzene rings is 1. The van der Waals surface area contributed by atoms with Gasteiger partial charge in [0.1, 0.15) is 5.75 Å². The lowest BCUT2D eigenvalue weighted by atomic mass is 9.78. The zero-order chi connectivity index (χ0) is 19.0. The minimum Gasteiger partial charge on any atom is -0.507 e. The van der Waals surface area contributed by atoms with Crippen molar-refractivity contribution in [1.82, 2.24) is 5.32 Å². The summed E-state index contributed by atoms with van der Waals surface area (Å²) in [5.74, 6) is 0.381. The average molecular weight is 343 g/mol. The van der Waals surface area contributed by atoms with Crippen molar-refractivity contribution in [3.63, 3.8) is 0 Å². The molecule has 1 atom stereocenters. The number of phenolic OH excluding ortho intramolecular Hbond substituents is 1. The fourth-order valence-corrected chi connectivity index (χ4v) is 2.81. The Morgan fingerprint density at radius 3 is 2.00 bits per heavy atom.